The van der Waals surface area contributed by atoms with E-state index >= 15 is 0 Å². The van der Waals surface area contributed by atoms with Gasteiger partial charge in [-0.15, -0.1) is 5.10 Å². The number of carbonyl (C=O) groups excluding carboxylic acids is 1. The number of allylic oxidation sites excluding steroid dienone is 1. The Morgan fingerprint density at radius 2 is 2.28 bits per heavy atom. The molecule has 2 heterocycles. The first kappa shape index (κ1) is 12.9. The van der Waals surface area contributed by atoms with E-state index in [1.807, 2.05) is 12.3 Å². The summed E-state index contributed by atoms with van der Waals surface area (Å²) in [6.07, 6.45) is 0. The number of hydrogen-bond donors (Lipinski definition) is 2. The quantitative estimate of drug-likeness (QED) is 0.767. The van der Waals surface area contributed by atoms with Crippen molar-refractivity contribution in [1.29, 1.82) is 0 Å². The summed E-state index contributed by atoms with van der Waals surface area (Å²) in [6, 6.07) is -0.340. The first-order valence-corrected chi connectivity index (χ1v) is 6.52. The van der Waals surface area contributed by atoms with Gasteiger partial charge in [0, 0.05) is 25.2 Å². The van der Waals surface area contributed by atoms with Crippen LogP contribution in [0, 0.1) is 0 Å². The van der Waals surface area contributed by atoms with E-state index < -0.39 is 0 Å². The number of carbonyl (C=O) groups is 1. The molecule has 0 saturated carbocycles. The molecule has 1 unspecified atom stereocenters. The van der Waals surface area contributed by atoms with E-state index in [4.69, 9.17) is 12.2 Å². The van der Waals surface area contributed by atoms with Crippen molar-refractivity contribution < 1.29 is 4.79 Å². The van der Waals surface area contributed by atoms with Crippen LogP contribution in [0.1, 0.15) is 18.7 Å². The maximum Gasteiger partial charge on any atom is 0.253 e. The maximum absolute atomic E-state index is 12.2. The van der Waals surface area contributed by atoms with Crippen LogP contribution in [0.25, 0.3) is 0 Å². The molecule has 1 aromatic rings. The fourth-order valence-electron chi connectivity index (χ4n) is 1.74. The Morgan fingerprint density at radius 3 is 2.83 bits per heavy atom. The largest absolute Gasteiger partial charge is 0.350 e. The summed E-state index contributed by atoms with van der Waals surface area (Å²) in [7, 11) is 3.43. The Labute approximate surface area is 114 Å². The van der Waals surface area contributed by atoms with Crippen molar-refractivity contribution >= 4 is 34.8 Å². The summed E-state index contributed by atoms with van der Waals surface area (Å²) in [6.45, 7) is 1.83. The number of likely N-dealkylation sites (N-methyl/N-ethyl adjacent to an activating group) is 1. The molecule has 0 fully saturated rings. The molecular formula is C10H13N5OS2. The fourth-order valence-corrected chi connectivity index (χ4v) is 2.49. The van der Waals surface area contributed by atoms with Crippen LogP contribution >= 0.6 is 23.8 Å². The number of nitrogens with zero attached hydrogens (tertiary/aromatic N) is 3. The molecule has 0 spiro atoms. The molecule has 0 saturated heterocycles. The van der Waals surface area contributed by atoms with Crippen molar-refractivity contribution in [2.75, 3.05) is 14.1 Å². The standard InChI is InChI=1S/C10H13N5OS2/c1-5-7(9(16)15(2)3)8(12-10(17)11-5)6-4-18-14-13-6/h4,8H,1-3H3,(H2,11,12,17). The van der Waals surface area contributed by atoms with E-state index in [1.54, 1.807) is 14.1 Å². The number of amides is 1. The first-order chi connectivity index (χ1) is 8.50. The van der Waals surface area contributed by atoms with Crippen molar-refractivity contribution in [1.82, 2.24) is 25.1 Å². The van der Waals surface area contributed by atoms with E-state index in [-0.39, 0.29) is 11.9 Å². The van der Waals surface area contributed by atoms with Crippen molar-refractivity contribution in [3.63, 3.8) is 0 Å². The van der Waals surface area contributed by atoms with Crippen LogP contribution in [0.15, 0.2) is 16.7 Å². The van der Waals surface area contributed by atoms with Gasteiger partial charge in [-0.3, -0.25) is 4.79 Å². The monoisotopic (exact) mass is 283 g/mol. The van der Waals surface area contributed by atoms with Gasteiger partial charge in [0.1, 0.15) is 11.7 Å². The Morgan fingerprint density at radius 1 is 1.56 bits per heavy atom. The van der Waals surface area contributed by atoms with Crippen LogP contribution in [-0.2, 0) is 4.79 Å². The van der Waals surface area contributed by atoms with Crippen LogP contribution in [0.2, 0.25) is 0 Å². The molecular weight excluding hydrogens is 270 g/mol. The minimum absolute atomic E-state index is 0.0759. The second-order valence-electron chi connectivity index (χ2n) is 4.10. The molecule has 1 aromatic heterocycles. The molecule has 1 atom stereocenters. The maximum atomic E-state index is 12.2. The summed E-state index contributed by atoms with van der Waals surface area (Å²) in [5, 5.41) is 12.3. The normalized spacial score (nSPS) is 19.3. The van der Waals surface area contributed by atoms with Gasteiger partial charge in [-0.2, -0.15) is 0 Å². The average molecular weight is 283 g/mol. The third-order valence-electron chi connectivity index (χ3n) is 2.58. The molecule has 2 rings (SSSR count). The summed E-state index contributed by atoms with van der Waals surface area (Å²) in [4.78, 5) is 13.8. The van der Waals surface area contributed by atoms with E-state index in [9.17, 15) is 4.79 Å². The lowest BCUT2D eigenvalue weighted by atomic mass is 10.00. The highest BCUT2D eigenvalue weighted by atomic mass is 32.1. The second kappa shape index (κ2) is 4.99. The van der Waals surface area contributed by atoms with E-state index in [0.29, 0.717) is 16.4 Å². The summed E-state index contributed by atoms with van der Waals surface area (Å²) >= 11 is 6.36. The highest BCUT2D eigenvalue weighted by Gasteiger charge is 2.32. The lowest BCUT2D eigenvalue weighted by molar-refractivity contribution is -0.125. The lowest BCUT2D eigenvalue weighted by Gasteiger charge is -2.30. The number of aromatic nitrogens is 2. The van der Waals surface area contributed by atoms with Gasteiger partial charge in [-0.1, -0.05) is 4.49 Å². The molecule has 1 aliphatic heterocycles. The van der Waals surface area contributed by atoms with Crippen molar-refractivity contribution in [2.45, 2.75) is 13.0 Å². The molecule has 0 aliphatic carbocycles. The molecule has 1 amide bonds. The predicted octanol–water partition coefficient (Wildman–Crippen LogP) is 0.419. The highest BCUT2D eigenvalue weighted by Crippen LogP contribution is 2.26. The molecule has 1 aliphatic rings. The van der Waals surface area contributed by atoms with Crippen LogP contribution in [0.5, 0.6) is 0 Å². The van der Waals surface area contributed by atoms with Crippen LogP contribution in [-0.4, -0.2) is 39.6 Å². The van der Waals surface area contributed by atoms with Gasteiger partial charge >= 0.3 is 0 Å². The topological polar surface area (TPSA) is 70.2 Å². The zero-order valence-electron chi connectivity index (χ0n) is 10.2. The Balaban J connectivity index is 2.45. The molecule has 6 nitrogen and oxygen atoms in total. The molecule has 96 valence electrons. The van der Waals surface area contributed by atoms with Gasteiger partial charge in [0.15, 0.2) is 5.11 Å². The number of rotatable bonds is 2. The molecule has 0 aromatic carbocycles. The van der Waals surface area contributed by atoms with E-state index in [2.05, 4.69) is 20.2 Å². The fraction of sp³-hybridized carbons (Fsp3) is 0.400. The van der Waals surface area contributed by atoms with E-state index in [0.717, 1.165) is 5.70 Å². The highest BCUT2D eigenvalue weighted by molar-refractivity contribution is 7.80. The Bertz CT molecular complexity index is 508. The van der Waals surface area contributed by atoms with Gasteiger partial charge in [0.2, 0.25) is 0 Å². The second-order valence-corrected chi connectivity index (χ2v) is 5.12. The number of nitrogens with one attached hydrogen (secondary N) is 2. The van der Waals surface area contributed by atoms with Crippen LogP contribution in [0.3, 0.4) is 0 Å². The molecule has 0 radical (unpaired) electrons. The van der Waals surface area contributed by atoms with Gasteiger partial charge in [0.05, 0.1) is 5.57 Å². The van der Waals surface area contributed by atoms with Gasteiger partial charge in [-0.05, 0) is 30.7 Å². The molecule has 2 N–H and O–H groups in total. The first-order valence-electron chi connectivity index (χ1n) is 5.27. The zero-order chi connectivity index (χ0) is 13.3. The lowest BCUT2D eigenvalue weighted by Crippen LogP contribution is -2.46. The number of hydrogen-bond acceptors (Lipinski definition) is 5. The van der Waals surface area contributed by atoms with Gasteiger partial charge in [-0.25, -0.2) is 0 Å². The minimum atomic E-state index is -0.340. The molecule has 18 heavy (non-hydrogen) atoms. The summed E-state index contributed by atoms with van der Waals surface area (Å²) in [5.74, 6) is -0.0759. The smallest absolute Gasteiger partial charge is 0.253 e. The van der Waals surface area contributed by atoms with Crippen molar-refractivity contribution in [3.05, 3.63) is 22.3 Å². The van der Waals surface area contributed by atoms with E-state index in [1.165, 1.54) is 16.4 Å². The summed E-state index contributed by atoms with van der Waals surface area (Å²) < 4.78 is 3.83. The third kappa shape index (κ3) is 2.34. The van der Waals surface area contributed by atoms with Crippen LogP contribution < -0.4 is 10.6 Å². The average Bonchev–Trinajstić information content (AvgIpc) is 2.80. The van der Waals surface area contributed by atoms with Crippen molar-refractivity contribution in [2.24, 2.45) is 0 Å². The molecule has 0 bridgehead atoms. The summed E-state index contributed by atoms with van der Waals surface area (Å²) in [5.41, 5.74) is 2.06. The number of thiocarbonyl (C=S) groups is 1. The Hall–Kier alpha value is -1.54. The molecule has 8 heteroatoms. The van der Waals surface area contributed by atoms with Gasteiger partial charge in [0.25, 0.3) is 5.91 Å². The predicted molar refractivity (Wildman–Crippen MR) is 72.9 cm³/mol. The van der Waals surface area contributed by atoms with Crippen LogP contribution in [0.4, 0.5) is 0 Å². The third-order valence-corrected chi connectivity index (χ3v) is 3.32. The zero-order valence-corrected chi connectivity index (χ0v) is 11.9. The SMILES string of the molecule is CC1=C(C(=O)N(C)C)C(c2csnn2)NC(=S)N1. The van der Waals surface area contributed by atoms with Gasteiger partial charge < -0.3 is 15.5 Å². The van der Waals surface area contributed by atoms with Crippen molar-refractivity contribution in [3.8, 4) is 0 Å². The Kier molecular flexibility index (Phi) is 3.58. The minimum Gasteiger partial charge on any atom is -0.350 e.